The Hall–Kier alpha value is -1.03. The third-order valence-corrected chi connectivity index (χ3v) is 3.63. The van der Waals surface area contributed by atoms with E-state index in [-0.39, 0.29) is 0 Å². The number of urea groups is 1. The van der Waals surface area contributed by atoms with E-state index in [0.29, 0.717) is 12.8 Å². The molecule has 0 aromatic carbocycles. The van der Waals surface area contributed by atoms with E-state index in [1.54, 1.807) is 5.32 Å². The maximum Gasteiger partial charge on any atom is 0.405 e. The highest BCUT2D eigenvalue weighted by Crippen LogP contribution is 2.19. The Morgan fingerprint density at radius 1 is 1.20 bits per heavy atom. The molecule has 10 heteroatoms. The molecule has 2 amide bonds. The van der Waals surface area contributed by atoms with Crippen LogP contribution in [0.3, 0.4) is 0 Å². The maximum absolute atomic E-state index is 12.0. The van der Waals surface area contributed by atoms with Gasteiger partial charge < -0.3 is 10.6 Å². The summed E-state index contributed by atoms with van der Waals surface area (Å²) in [6.45, 7) is -1.42. The number of nitrogens with one attached hydrogen (secondary N) is 3. The van der Waals surface area contributed by atoms with E-state index in [2.05, 4.69) is 10.0 Å². The van der Waals surface area contributed by atoms with Crippen molar-refractivity contribution in [3.05, 3.63) is 0 Å². The third-order valence-electron chi connectivity index (χ3n) is 2.90. The molecule has 1 rings (SSSR count). The lowest BCUT2D eigenvalue weighted by Crippen LogP contribution is -2.55. The summed E-state index contributed by atoms with van der Waals surface area (Å²) in [6, 6.07) is -1.95. The lowest BCUT2D eigenvalue weighted by atomic mass is 9.91. The molecule has 20 heavy (non-hydrogen) atoms. The predicted molar refractivity (Wildman–Crippen MR) is 66.6 cm³/mol. The van der Waals surface area contributed by atoms with Gasteiger partial charge in [-0.25, -0.2) is 17.9 Å². The molecule has 1 aliphatic carbocycles. The number of amides is 2. The standard InChI is InChI=1S/C10H18F3N3O3S/c1-20(18,19)16-8-5-3-2-4-7(8)15-9(17)14-6-10(11,12)13/h7-8,16H,2-6H2,1H3,(H2,14,15,17)/t7-,8+/m1/s1. The van der Waals surface area contributed by atoms with E-state index in [9.17, 15) is 26.4 Å². The fourth-order valence-corrected chi connectivity index (χ4v) is 2.95. The number of hydrogen-bond acceptors (Lipinski definition) is 3. The van der Waals surface area contributed by atoms with Gasteiger partial charge in [-0.05, 0) is 12.8 Å². The topological polar surface area (TPSA) is 87.3 Å². The summed E-state index contributed by atoms with van der Waals surface area (Å²) in [6.07, 6.45) is -0.831. The quantitative estimate of drug-likeness (QED) is 0.713. The van der Waals surface area contributed by atoms with Crippen LogP contribution in [0, 0.1) is 0 Å². The van der Waals surface area contributed by atoms with Crippen molar-refractivity contribution in [2.45, 2.75) is 43.9 Å². The Morgan fingerprint density at radius 3 is 2.25 bits per heavy atom. The van der Waals surface area contributed by atoms with Gasteiger partial charge in [0, 0.05) is 12.1 Å². The van der Waals surface area contributed by atoms with Crippen LogP contribution in [-0.4, -0.2) is 45.5 Å². The molecular formula is C10H18F3N3O3S. The number of alkyl halides is 3. The first-order valence-corrected chi connectivity index (χ1v) is 8.04. The van der Waals surface area contributed by atoms with Gasteiger partial charge in [-0.15, -0.1) is 0 Å². The molecule has 0 aromatic rings. The van der Waals surface area contributed by atoms with Crippen LogP contribution in [-0.2, 0) is 10.0 Å². The Labute approximate surface area is 115 Å². The number of rotatable bonds is 4. The largest absolute Gasteiger partial charge is 0.405 e. The predicted octanol–water partition coefficient (Wildman–Crippen LogP) is 0.708. The molecule has 6 nitrogen and oxygen atoms in total. The molecule has 1 aliphatic rings. The second-order valence-electron chi connectivity index (χ2n) is 4.83. The molecule has 0 radical (unpaired) electrons. The molecule has 0 aliphatic heterocycles. The second-order valence-corrected chi connectivity index (χ2v) is 6.61. The molecule has 0 spiro atoms. The van der Waals surface area contributed by atoms with Crippen molar-refractivity contribution in [3.8, 4) is 0 Å². The Morgan fingerprint density at radius 2 is 1.75 bits per heavy atom. The van der Waals surface area contributed by atoms with Crippen molar-refractivity contribution in [2.24, 2.45) is 0 Å². The van der Waals surface area contributed by atoms with E-state index in [0.717, 1.165) is 19.1 Å². The molecule has 3 N–H and O–H groups in total. The summed E-state index contributed by atoms with van der Waals surface area (Å²) in [4.78, 5) is 11.4. The fraction of sp³-hybridized carbons (Fsp3) is 0.900. The zero-order valence-electron chi connectivity index (χ0n) is 11.0. The first kappa shape index (κ1) is 17.0. The highest BCUT2D eigenvalue weighted by molar-refractivity contribution is 7.88. The van der Waals surface area contributed by atoms with Crippen molar-refractivity contribution in [1.29, 1.82) is 0 Å². The molecule has 0 saturated heterocycles. The van der Waals surface area contributed by atoms with Gasteiger partial charge >= 0.3 is 12.2 Å². The lowest BCUT2D eigenvalue weighted by Gasteiger charge is -2.32. The van der Waals surface area contributed by atoms with Gasteiger partial charge in [0.2, 0.25) is 10.0 Å². The number of sulfonamides is 1. The van der Waals surface area contributed by atoms with Crippen LogP contribution in [0.25, 0.3) is 0 Å². The van der Waals surface area contributed by atoms with E-state index >= 15 is 0 Å². The zero-order valence-corrected chi connectivity index (χ0v) is 11.8. The van der Waals surface area contributed by atoms with E-state index in [1.165, 1.54) is 0 Å². The minimum absolute atomic E-state index is 0.490. The first-order chi connectivity index (χ1) is 9.07. The van der Waals surface area contributed by atoms with Crippen LogP contribution in [0.1, 0.15) is 25.7 Å². The van der Waals surface area contributed by atoms with Crippen LogP contribution < -0.4 is 15.4 Å². The van der Waals surface area contributed by atoms with Gasteiger partial charge in [-0.1, -0.05) is 12.8 Å². The van der Waals surface area contributed by atoms with E-state index < -0.39 is 40.9 Å². The van der Waals surface area contributed by atoms with E-state index in [1.807, 2.05) is 0 Å². The number of carbonyl (C=O) groups excluding carboxylic acids is 1. The van der Waals surface area contributed by atoms with Crippen LogP contribution >= 0.6 is 0 Å². The number of hydrogen-bond donors (Lipinski definition) is 3. The SMILES string of the molecule is CS(=O)(=O)N[C@H]1CCCC[C@H]1NC(=O)NCC(F)(F)F. The Bertz CT molecular complexity index is 439. The minimum Gasteiger partial charge on any atom is -0.334 e. The molecular weight excluding hydrogens is 299 g/mol. The minimum atomic E-state index is -4.48. The van der Waals surface area contributed by atoms with Crippen molar-refractivity contribution in [2.75, 3.05) is 12.8 Å². The van der Waals surface area contributed by atoms with Crippen molar-refractivity contribution < 1.29 is 26.4 Å². The average molecular weight is 317 g/mol. The highest BCUT2D eigenvalue weighted by Gasteiger charge is 2.31. The molecule has 0 bridgehead atoms. The summed E-state index contributed by atoms with van der Waals surface area (Å²) in [7, 11) is -3.43. The van der Waals surface area contributed by atoms with Gasteiger partial charge in [-0.2, -0.15) is 13.2 Å². The number of carbonyl (C=O) groups is 1. The number of halogens is 3. The van der Waals surface area contributed by atoms with Crippen molar-refractivity contribution in [1.82, 2.24) is 15.4 Å². The van der Waals surface area contributed by atoms with Gasteiger partial charge in [0.15, 0.2) is 0 Å². The fourth-order valence-electron chi connectivity index (χ4n) is 2.12. The molecule has 2 atom stereocenters. The van der Waals surface area contributed by atoms with Gasteiger partial charge in [0.25, 0.3) is 0 Å². The first-order valence-electron chi connectivity index (χ1n) is 6.15. The molecule has 0 aromatic heterocycles. The zero-order chi connectivity index (χ0) is 15.4. The third kappa shape index (κ3) is 6.94. The van der Waals surface area contributed by atoms with Crippen LogP contribution in [0.2, 0.25) is 0 Å². The Kier molecular flexibility index (Phi) is 5.63. The van der Waals surface area contributed by atoms with Crippen LogP contribution in [0.4, 0.5) is 18.0 Å². The average Bonchev–Trinajstić information content (AvgIpc) is 2.26. The maximum atomic E-state index is 12.0. The smallest absolute Gasteiger partial charge is 0.334 e. The summed E-state index contributed by atoms with van der Waals surface area (Å²) < 4.78 is 60.7. The van der Waals surface area contributed by atoms with E-state index in [4.69, 9.17) is 0 Å². The summed E-state index contributed by atoms with van der Waals surface area (Å²) in [5.41, 5.74) is 0. The molecule has 0 unspecified atom stereocenters. The molecule has 1 saturated carbocycles. The van der Waals surface area contributed by atoms with Gasteiger partial charge in [0.05, 0.1) is 6.26 Å². The van der Waals surface area contributed by atoms with Crippen molar-refractivity contribution >= 4 is 16.1 Å². The summed E-state index contributed by atoms with van der Waals surface area (Å²) in [5.74, 6) is 0. The highest BCUT2D eigenvalue weighted by atomic mass is 32.2. The van der Waals surface area contributed by atoms with Gasteiger partial charge in [-0.3, -0.25) is 0 Å². The monoisotopic (exact) mass is 317 g/mol. The summed E-state index contributed by atoms with van der Waals surface area (Å²) in [5, 5.41) is 4.09. The normalized spacial score (nSPS) is 24.2. The summed E-state index contributed by atoms with van der Waals surface area (Å²) >= 11 is 0. The second kappa shape index (κ2) is 6.61. The molecule has 1 fully saturated rings. The molecule has 118 valence electrons. The Balaban J connectivity index is 2.52. The lowest BCUT2D eigenvalue weighted by molar-refractivity contribution is -0.122. The van der Waals surface area contributed by atoms with Gasteiger partial charge in [0.1, 0.15) is 6.54 Å². The van der Waals surface area contributed by atoms with Crippen LogP contribution in [0.5, 0.6) is 0 Å². The molecule has 0 heterocycles. The van der Waals surface area contributed by atoms with Crippen molar-refractivity contribution in [3.63, 3.8) is 0 Å². The van der Waals surface area contributed by atoms with Crippen LogP contribution in [0.15, 0.2) is 0 Å².